The number of carbonyl (C=O) groups is 1. The standard InChI is InChI=1S/C14H22N2O6S/c1-14(22-4,9-20-2)8-16-23(18,19)10-5-6-12(21-3)11(7-10)13(15)17/h5-7,16H,8-9H2,1-4H3,(H2,15,17)/t14-/m0/s1. The first-order chi connectivity index (χ1) is 10.7. The largest absolute Gasteiger partial charge is 0.496 e. The van der Waals surface area contributed by atoms with Crippen molar-refractivity contribution in [3.63, 3.8) is 0 Å². The number of rotatable bonds is 9. The fraction of sp³-hybridized carbons (Fsp3) is 0.500. The maximum atomic E-state index is 12.4. The zero-order chi connectivity index (χ0) is 17.7. The monoisotopic (exact) mass is 346 g/mol. The lowest BCUT2D eigenvalue weighted by molar-refractivity contribution is -0.0460. The van der Waals surface area contributed by atoms with E-state index in [-0.39, 0.29) is 29.4 Å². The Morgan fingerprint density at radius 3 is 2.43 bits per heavy atom. The van der Waals surface area contributed by atoms with E-state index >= 15 is 0 Å². The molecule has 0 heterocycles. The molecule has 1 amide bonds. The first-order valence-electron chi connectivity index (χ1n) is 6.70. The van der Waals surface area contributed by atoms with Crippen molar-refractivity contribution in [2.45, 2.75) is 17.4 Å². The predicted molar refractivity (Wildman–Crippen MR) is 84.0 cm³/mol. The summed E-state index contributed by atoms with van der Waals surface area (Å²) in [5.41, 5.74) is 4.41. The minimum atomic E-state index is -3.85. The summed E-state index contributed by atoms with van der Waals surface area (Å²) in [5.74, 6) is -0.572. The second-order valence-corrected chi connectivity index (χ2v) is 6.90. The Labute approximate surface area is 136 Å². The van der Waals surface area contributed by atoms with Crippen molar-refractivity contribution < 1.29 is 27.4 Å². The van der Waals surface area contributed by atoms with Gasteiger partial charge in [0, 0.05) is 20.8 Å². The highest BCUT2D eigenvalue weighted by Gasteiger charge is 2.27. The van der Waals surface area contributed by atoms with E-state index in [1.807, 2.05) is 0 Å². The molecule has 1 atom stereocenters. The third-order valence-corrected chi connectivity index (χ3v) is 4.72. The van der Waals surface area contributed by atoms with Crippen LogP contribution in [0.4, 0.5) is 0 Å². The molecule has 9 heteroatoms. The molecule has 0 fully saturated rings. The SMILES string of the molecule is COC[C@](C)(CNS(=O)(=O)c1ccc(OC)c(C(N)=O)c1)OC. The van der Waals surface area contributed by atoms with E-state index in [0.29, 0.717) is 0 Å². The third kappa shape index (κ3) is 4.90. The van der Waals surface area contributed by atoms with Crippen LogP contribution in [0.1, 0.15) is 17.3 Å². The molecule has 23 heavy (non-hydrogen) atoms. The summed E-state index contributed by atoms with van der Waals surface area (Å²) in [5, 5.41) is 0. The Balaban J connectivity index is 3.05. The molecule has 1 aromatic rings. The van der Waals surface area contributed by atoms with Gasteiger partial charge in [-0.15, -0.1) is 0 Å². The van der Waals surface area contributed by atoms with Gasteiger partial charge >= 0.3 is 0 Å². The number of ether oxygens (including phenoxy) is 3. The number of amides is 1. The van der Waals surface area contributed by atoms with Gasteiger partial charge in [-0.05, 0) is 25.1 Å². The zero-order valence-corrected chi connectivity index (χ0v) is 14.4. The van der Waals surface area contributed by atoms with E-state index in [0.717, 1.165) is 0 Å². The second-order valence-electron chi connectivity index (χ2n) is 5.14. The van der Waals surface area contributed by atoms with E-state index < -0.39 is 21.5 Å². The fourth-order valence-electron chi connectivity index (χ4n) is 1.87. The first kappa shape index (κ1) is 19.4. The highest BCUT2D eigenvalue weighted by molar-refractivity contribution is 7.89. The van der Waals surface area contributed by atoms with E-state index in [1.54, 1.807) is 6.92 Å². The summed E-state index contributed by atoms with van der Waals surface area (Å²) < 4.78 is 42.4. The van der Waals surface area contributed by atoms with Crippen LogP contribution in [0, 0.1) is 0 Å². The van der Waals surface area contributed by atoms with Crippen LogP contribution in [-0.4, -0.2) is 54.4 Å². The van der Waals surface area contributed by atoms with E-state index in [4.69, 9.17) is 19.9 Å². The molecule has 0 aliphatic heterocycles. The summed E-state index contributed by atoms with van der Waals surface area (Å²) >= 11 is 0. The minimum absolute atomic E-state index is 0.00237. The zero-order valence-electron chi connectivity index (χ0n) is 13.6. The number of nitrogens with one attached hydrogen (secondary N) is 1. The molecular weight excluding hydrogens is 324 g/mol. The summed E-state index contributed by atoms with van der Waals surface area (Å²) in [6.45, 7) is 1.92. The topological polar surface area (TPSA) is 117 Å². The van der Waals surface area contributed by atoms with E-state index in [9.17, 15) is 13.2 Å². The summed E-state index contributed by atoms with van der Waals surface area (Å²) in [6, 6.07) is 3.87. The average molecular weight is 346 g/mol. The Hall–Kier alpha value is -1.68. The average Bonchev–Trinajstić information content (AvgIpc) is 2.52. The molecule has 1 rings (SSSR count). The van der Waals surface area contributed by atoms with Gasteiger partial charge in [0.25, 0.3) is 5.91 Å². The summed E-state index contributed by atoms with van der Waals surface area (Å²) in [4.78, 5) is 11.3. The molecular formula is C14H22N2O6S. The van der Waals surface area contributed by atoms with E-state index in [2.05, 4.69) is 4.72 Å². The van der Waals surface area contributed by atoms with Gasteiger partial charge in [0.1, 0.15) is 11.4 Å². The molecule has 0 bridgehead atoms. The molecule has 0 unspecified atom stereocenters. The van der Waals surface area contributed by atoms with Gasteiger partial charge in [0.15, 0.2) is 0 Å². The maximum Gasteiger partial charge on any atom is 0.252 e. The van der Waals surface area contributed by atoms with Gasteiger partial charge in [-0.25, -0.2) is 13.1 Å². The number of hydrogen-bond donors (Lipinski definition) is 2. The number of benzene rings is 1. The minimum Gasteiger partial charge on any atom is -0.496 e. The Kier molecular flexibility index (Phi) is 6.51. The van der Waals surface area contributed by atoms with Crippen molar-refractivity contribution in [2.24, 2.45) is 5.73 Å². The molecule has 0 aliphatic rings. The molecule has 0 saturated carbocycles. The van der Waals surface area contributed by atoms with Crippen LogP contribution < -0.4 is 15.2 Å². The van der Waals surface area contributed by atoms with Gasteiger partial charge in [-0.3, -0.25) is 4.79 Å². The molecule has 130 valence electrons. The lowest BCUT2D eigenvalue weighted by Gasteiger charge is -2.27. The number of primary amides is 1. The number of methoxy groups -OCH3 is 3. The van der Waals surface area contributed by atoms with Crippen LogP contribution in [0.2, 0.25) is 0 Å². The van der Waals surface area contributed by atoms with Crippen LogP contribution in [-0.2, 0) is 19.5 Å². The Bertz CT molecular complexity index is 661. The van der Waals surface area contributed by atoms with Crippen molar-refractivity contribution in [3.05, 3.63) is 23.8 Å². The van der Waals surface area contributed by atoms with Gasteiger partial charge in [-0.2, -0.15) is 0 Å². The fourth-order valence-corrected chi connectivity index (χ4v) is 3.05. The van der Waals surface area contributed by atoms with Gasteiger partial charge < -0.3 is 19.9 Å². The highest BCUT2D eigenvalue weighted by Crippen LogP contribution is 2.22. The van der Waals surface area contributed by atoms with Crippen LogP contribution in [0.3, 0.4) is 0 Å². The molecule has 0 radical (unpaired) electrons. The molecule has 8 nitrogen and oxygen atoms in total. The molecule has 0 aliphatic carbocycles. The quantitative estimate of drug-likeness (QED) is 0.656. The van der Waals surface area contributed by atoms with Crippen molar-refractivity contribution in [2.75, 3.05) is 34.5 Å². The van der Waals surface area contributed by atoms with Crippen LogP contribution in [0.5, 0.6) is 5.75 Å². The normalized spacial score (nSPS) is 14.3. The maximum absolute atomic E-state index is 12.4. The Morgan fingerprint density at radius 2 is 1.96 bits per heavy atom. The highest BCUT2D eigenvalue weighted by atomic mass is 32.2. The number of nitrogens with two attached hydrogens (primary N) is 1. The number of hydrogen-bond acceptors (Lipinski definition) is 6. The molecule has 3 N–H and O–H groups in total. The van der Waals surface area contributed by atoms with Crippen molar-refractivity contribution >= 4 is 15.9 Å². The molecule has 0 aromatic heterocycles. The molecule has 0 spiro atoms. The van der Waals surface area contributed by atoms with Crippen molar-refractivity contribution in [3.8, 4) is 5.75 Å². The predicted octanol–water partition coefficient (Wildman–Crippen LogP) is 0.124. The Morgan fingerprint density at radius 1 is 1.30 bits per heavy atom. The van der Waals surface area contributed by atoms with E-state index in [1.165, 1.54) is 39.5 Å². The van der Waals surface area contributed by atoms with Crippen LogP contribution in [0.15, 0.2) is 23.1 Å². The molecule has 1 aromatic carbocycles. The summed E-state index contributed by atoms with van der Waals surface area (Å²) in [6.07, 6.45) is 0. The van der Waals surface area contributed by atoms with Crippen LogP contribution >= 0.6 is 0 Å². The lowest BCUT2D eigenvalue weighted by atomic mass is 10.1. The van der Waals surface area contributed by atoms with Crippen LogP contribution in [0.25, 0.3) is 0 Å². The second kappa shape index (κ2) is 7.73. The summed E-state index contributed by atoms with van der Waals surface area (Å²) in [7, 11) is 0.471. The van der Waals surface area contributed by atoms with Gasteiger partial charge in [0.2, 0.25) is 10.0 Å². The van der Waals surface area contributed by atoms with Gasteiger partial charge in [-0.1, -0.05) is 0 Å². The lowest BCUT2D eigenvalue weighted by Crippen LogP contribution is -2.45. The van der Waals surface area contributed by atoms with Gasteiger partial charge in [0.05, 0.1) is 24.2 Å². The molecule has 0 saturated heterocycles. The number of sulfonamides is 1. The smallest absolute Gasteiger partial charge is 0.252 e. The van der Waals surface area contributed by atoms with Crippen molar-refractivity contribution in [1.29, 1.82) is 0 Å². The number of carbonyl (C=O) groups excluding carboxylic acids is 1. The van der Waals surface area contributed by atoms with Crippen molar-refractivity contribution in [1.82, 2.24) is 4.72 Å². The third-order valence-electron chi connectivity index (χ3n) is 3.33. The first-order valence-corrected chi connectivity index (χ1v) is 8.19.